The zero-order valence-electron chi connectivity index (χ0n) is 10.2. The molecule has 2 rings (SSSR count). The van der Waals surface area contributed by atoms with Crippen LogP contribution < -0.4 is 5.32 Å². The van der Waals surface area contributed by atoms with Gasteiger partial charge in [-0.3, -0.25) is 4.68 Å². The molecule has 0 saturated carbocycles. The fourth-order valence-electron chi connectivity index (χ4n) is 1.66. The summed E-state index contributed by atoms with van der Waals surface area (Å²) in [6.07, 6.45) is 2.51. The van der Waals surface area contributed by atoms with E-state index < -0.39 is 11.6 Å². The van der Waals surface area contributed by atoms with Gasteiger partial charge < -0.3 is 5.32 Å². The molecule has 0 saturated heterocycles. The molecular formula is C13H15F2N3. The van der Waals surface area contributed by atoms with Gasteiger partial charge in [-0.1, -0.05) is 6.07 Å². The molecule has 0 amide bonds. The number of halogens is 2. The maximum atomic E-state index is 13.0. The van der Waals surface area contributed by atoms with Gasteiger partial charge in [-0.25, -0.2) is 8.78 Å². The van der Waals surface area contributed by atoms with Crippen LogP contribution >= 0.6 is 0 Å². The third-order valence-electron chi connectivity index (χ3n) is 2.67. The Balaban J connectivity index is 1.86. The highest BCUT2D eigenvalue weighted by molar-refractivity contribution is 5.32. The Morgan fingerprint density at radius 2 is 2.06 bits per heavy atom. The summed E-state index contributed by atoms with van der Waals surface area (Å²) in [6.45, 7) is 3.47. The highest BCUT2D eigenvalue weighted by Gasteiger charge is 2.02. The lowest BCUT2D eigenvalue weighted by atomic mass is 10.1. The van der Waals surface area contributed by atoms with Gasteiger partial charge in [-0.05, 0) is 31.0 Å². The van der Waals surface area contributed by atoms with Gasteiger partial charge in [0.15, 0.2) is 11.6 Å². The summed E-state index contributed by atoms with van der Waals surface area (Å²) in [5.74, 6) is -0.824. The van der Waals surface area contributed by atoms with Crippen molar-refractivity contribution in [3.63, 3.8) is 0 Å². The summed E-state index contributed by atoms with van der Waals surface area (Å²) in [5.41, 5.74) is 0.760. The molecule has 5 heteroatoms. The fourth-order valence-corrected chi connectivity index (χ4v) is 1.66. The third kappa shape index (κ3) is 3.06. The Bertz CT molecular complexity index is 523. The maximum absolute atomic E-state index is 13.0. The standard InChI is InChI=1S/C13H15F2N3/c1-2-18-8-6-13(17-18)16-7-5-10-3-4-11(14)12(15)9-10/h3-4,6,8-9H,2,5,7H2,1H3,(H,16,17). The number of nitrogens with one attached hydrogen (secondary N) is 1. The molecule has 1 heterocycles. The minimum absolute atomic E-state index is 0.621. The van der Waals surface area contributed by atoms with Crippen LogP contribution in [0.2, 0.25) is 0 Å². The Morgan fingerprint density at radius 3 is 2.72 bits per heavy atom. The van der Waals surface area contributed by atoms with Gasteiger partial charge in [0.2, 0.25) is 0 Å². The maximum Gasteiger partial charge on any atom is 0.159 e. The minimum atomic E-state index is -0.812. The van der Waals surface area contributed by atoms with E-state index in [0.717, 1.165) is 24.0 Å². The number of aromatic nitrogens is 2. The second kappa shape index (κ2) is 5.62. The average Bonchev–Trinajstić information content (AvgIpc) is 2.82. The monoisotopic (exact) mass is 251 g/mol. The van der Waals surface area contributed by atoms with E-state index in [0.29, 0.717) is 13.0 Å². The Labute approximate surface area is 104 Å². The minimum Gasteiger partial charge on any atom is -0.368 e. The lowest BCUT2D eigenvalue weighted by molar-refractivity contribution is 0.507. The first kappa shape index (κ1) is 12.5. The van der Waals surface area contributed by atoms with Crippen molar-refractivity contribution < 1.29 is 8.78 Å². The summed E-state index contributed by atoms with van der Waals surface area (Å²) in [5, 5.41) is 7.40. The summed E-state index contributed by atoms with van der Waals surface area (Å²) in [7, 11) is 0. The molecule has 0 unspecified atom stereocenters. The van der Waals surface area contributed by atoms with Crippen LogP contribution in [0.1, 0.15) is 12.5 Å². The van der Waals surface area contributed by atoms with Crippen LogP contribution in [0, 0.1) is 11.6 Å². The number of benzene rings is 1. The highest BCUT2D eigenvalue weighted by Crippen LogP contribution is 2.09. The average molecular weight is 251 g/mol. The number of rotatable bonds is 5. The van der Waals surface area contributed by atoms with E-state index in [1.54, 1.807) is 6.07 Å². The molecule has 0 aliphatic heterocycles. The van der Waals surface area contributed by atoms with Gasteiger partial charge in [0.25, 0.3) is 0 Å². The number of hydrogen-bond donors (Lipinski definition) is 1. The highest BCUT2D eigenvalue weighted by atomic mass is 19.2. The van der Waals surface area contributed by atoms with Crippen LogP contribution in [0.15, 0.2) is 30.5 Å². The lowest BCUT2D eigenvalue weighted by Crippen LogP contribution is -2.06. The molecule has 18 heavy (non-hydrogen) atoms. The third-order valence-corrected chi connectivity index (χ3v) is 2.67. The van der Waals surface area contributed by atoms with E-state index in [1.165, 1.54) is 6.07 Å². The van der Waals surface area contributed by atoms with Crippen molar-refractivity contribution >= 4 is 5.82 Å². The molecule has 3 nitrogen and oxygen atoms in total. The number of aryl methyl sites for hydroxylation is 1. The molecule has 0 fully saturated rings. The summed E-state index contributed by atoms with van der Waals surface area (Å²) < 4.78 is 27.5. The van der Waals surface area contributed by atoms with Gasteiger partial charge >= 0.3 is 0 Å². The molecule has 1 aromatic carbocycles. The predicted octanol–water partition coefficient (Wildman–Crippen LogP) is 2.84. The molecule has 0 radical (unpaired) electrons. The second-order valence-electron chi connectivity index (χ2n) is 3.98. The topological polar surface area (TPSA) is 29.9 Å². The number of hydrogen-bond acceptors (Lipinski definition) is 2. The van der Waals surface area contributed by atoms with Crippen molar-refractivity contribution in [2.75, 3.05) is 11.9 Å². The van der Waals surface area contributed by atoms with Gasteiger partial charge in [0.1, 0.15) is 5.82 Å². The molecule has 0 bridgehead atoms. The number of nitrogens with zero attached hydrogens (tertiary/aromatic N) is 2. The van der Waals surface area contributed by atoms with Gasteiger partial charge in [0.05, 0.1) is 0 Å². The van der Waals surface area contributed by atoms with Crippen molar-refractivity contribution in [1.29, 1.82) is 0 Å². The molecule has 0 aliphatic rings. The molecule has 0 atom stereocenters. The van der Waals surface area contributed by atoms with Gasteiger partial charge in [-0.15, -0.1) is 0 Å². The van der Waals surface area contributed by atoms with Crippen LogP contribution in [-0.4, -0.2) is 16.3 Å². The fraction of sp³-hybridized carbons (Fsp3) is 0.308. The van der Waals surface area contributed by atoms with Gasteiger partial charge in [0, 0.05) is 25.4 Å². The van der Waals surface area contributed by atoms with Crippen LogP contribution in [0.5, 0.6) is 0 Å². The molecular weight excluding hydrogens is 236 g/mol. The zero-order valence-corrected chi connectivity index (χ0v) is 10.2. The van der Waals surface area contributed by atoms with E-state index in [4.69, 9.17) is 0 Å². The molecule has 96 valence electrons. The molecule has 1 aromatic heterocycles. The van der Waals surface area contributed by atoms with E-state index in [9.17, 15) is 8.78 Å². The van der Waals surface area contributed by atoms with Crippen molar-refractivity contribution in [3.05, 3.63) is 47.7 Å². The Hall–Kier alpha value is -1.91. The molecule has 0 spiro atoms. The van der Waals surface area contributed by atoms with E-state index >= 15 is 0 Å². The first-order valence-corrected chi connectivity index (χ1v) is 5.90. The molecule has 0 aliphatic carbocycles. The normalized spacial score (nSPS) is 10.6. The zero-order chi connectivity index (χ0) is 13.0. The SMILES string of the molecule is CCn1ccc(NCCc2ccc(F)c(F)c2)n1. The van der Waals surface area contributed by atoms with Crippen LogP contribution in [0.25, 0.3) is 0 Å². The summed E-state index contributed by atoms with van der Waals surface area (Å²) in [6, 6.07) is 5.84. The largest absolute Gasteiger partial charge is 0.368 e. The van der Waals surface area contributed by atoms with Crippen molar-refractivity contribution in [3.8, 4) is 0 Å². The smallest absolute Gasteiger partial charge is 0.159 e. The quantitative estimate of drug-likeness (QED) is 0.885. The van der Waals surface area contributed by atoms with Crippen LogP contribution in [-0.2, 0) is 13.0 Å². The first-order chi connectivity index (χ1) is 8.69. The van der Waals surface area contributed by atoms with E-state index in [1.807, 2.05) is 23.9 Å². The van der Waals surface area contributed by atoms with E-state index in [2.05, 4.69) is 10.4 Å². The van der Waals surface area contributed by atoms with Crippen LogP contribution in [0.3, 0.4) is 0 Å². The Kier molecular flexibility index (Phi) is 3.92. The van der Waals surface area contributed by atoms with E-state index in [-0.39, 0.29) is 0 Å². The molecule has 1 N–H and O–H groups in total. The van der Waals surface area contributed by atoms with Crippen molar-refractivity contribution in [2.24, 2.45) is 0 Å². The first-order valence-electron chi connectivity index (χ1n) is 5.90. The number of anilines is 1. The second-order valence-corrected chi connectivity index (χ2v) is 3.98. The summed E-state index contributed by atoms with van der Waals surface area (Å²) in [4.78, 5) is 0. The predicted molar refractivity (Wildman–Crippen MR) is 66.5 cm³/mol. The summed E-state index contributed by atoms with van der Waals surface area (Å²) >= 11 is 0. The van der Waals surface area contributed by atoms with Gasteiger partial charge in [-0.2, -0.15) is 5.10 Å². The lowest BCUT2D eigenvalue weighted by Gasteiger charge is -2.04. The van der Waals surface area contributed by atoms with Crippen LogP contribution in [0.4, 0.5) is 14.6 Å². The van der Waals surface area contributed by atoms with Crippen molar-refractivity contribution in [1.82, 2.24) is 9.78 Å². The Morgan fingerprint density at radius 1 is 1.22 bits per heavy atom. The van der Waals surface area contributed by atoms with Crippen molar-refractivity contribution in [2.45, 2.75) is 19.9 Å². The molecule has 2 aromatic rings.